The Morgan fingerprint density at radius 3 is 2.18 bits per heavy atom. The number of nitrogens with zero attached hydrogens (tertiary/aromatic N) is 5. The number of halogens is 2. The van der Waals surface area contributed by atoms with Gasteiger partial charge in [0, 0.05) is 24.3 Å². The van der Waals surface area contributed by atoms with Gasteiger partial charge < -0.3 is 24.1 Å². The molecule has 2 aliphatic rings. The van der Waals surface area contributed by atoms with Gasteiger partial charge in [-0.05, 0) is 38.2 Å². The van der Waals surface area contributed by atoms with Gasteiger partial charge in [-0.3, -0.25) is 19.6 Å². The number of sulfonamides is 1. The predicted molar refractivity (Wildman–Crippen MR) is 190 cm³/mol. The summed E-state index contributed by atoms with van der Waals surface area (Å²) in [6, 6.07) is 2.26. The lowest BCUT2D eigenvalue weighted by Crippen LogP contribution is -2.36. The molecule has 1 aliphatic carbocycles. The fourth-order valence-electron chi connectivity index (χ4n) is 5.33. The van der Waals surface area contributed by atoms with Gasteiger partial charge in [0.1, 0.15) is 17.1 Å². The SMILES string of the molecule is CCCCCOC(=O)COc1cc(N2C(=O)C3=C(CCCC3)C2=O)c(F)cc1Cl.COc1cc(OC)nc(NC(=O)NS(=O)(=O)c2c(C(=O)O)cnn2C)n1. The number of carbonyl (C=O) groups is 5. The number of esters is 1. The van der Waals surface area contributed by atoms with Gasteiger partial charge in [0.05, 0.1) is 43.8 Å². The summed E-state index contributed by atoms with van der Waals surface area (Å²) in [7, 11) is -0.667. The maximum absolute atomic E-state index is 14.5. The third-order valence-electron chi connectivity index (χ3n) is 7.91. The van der Waals surface area contributed by atoms with Crippen LogP contribution in [0.4, 0.5) is 20.8 Å². The van der Waals surface area contributed by atoms with Crippen molar-refractivity contribution < 1.29 is 60.8 Å². The number of hydrogen-bond donors (Lipinski definition) is 3. The summed E-state index contributed by atoms with van der Waals surface area (Å²) < 4.78 is 61.8. The molecule has 0 unspecified atom stereocenters. The molecule has 0 saturated carbocycles. The number of aromatic nitrogens is 4. The number of nitrogens with one attached hydrogen (secondary N) is 2. The Labute approximate surface area is 318 Å². The number of urea groups is 1. The highest BCUT2D eigenvalue weighted by molar-refractivity contribution is 7.90. The average molecular weight is 810 g/mol. The van der Waals surface area contributed by atoms with E-state index < -0.39 is 62.8 Å². The quantitative estimate of drug-likeness (QED) is 0.119. The number of ether oxygens (including phenoxy) is 4. The van der Waals surface area contributed by atoms with Crippen LogP contribution in [0.15, 0.2) is 40.6 Å². The van der Waals surface area contributed by atoms with E-state index in [4.69, 9.17) is 35.7 Å². The monoisotopic (exact) mass is 809 g/mol. The van der Waals surface area contributed by atoms with Crippen molar-refractivity contribution in [2.75, 3.05) is 37.7 Å². The number of unbranched alkanes of at least 4 members (excludes halogenated alkanes) is 2. The van der Waals surface area contributed by atoms with Crippen molar-refractivity contribution in [3.63, 3.8) is 0 Å². The normalized spacial score (nSPS) is 13.7. The summed E-state index contributed by atoms with van der Waals surface area (Å²) in [6.07, 6.45) is 6.25. The summed E-state index contributed by atoms with van der Waals surface area (Å²) in [4.78, 5) is 68.6. The van der Waals surface area contributed by atoms with Crippen LogP contribution in [0.25, 0.3) is 0 Å². The summed E-state index contributed by atoms with van der Waals surface area (Å²) in [5.74, 6) is -4.08. The zero-order valence-corrected chi connectivity index (χ0v) is 31.6. The number of hydrogen-bond acceptors (Lipinski definition) is 14. The fraction of sp³-hybridized carbons (Fsp3) is 0.394. The van der Waals surface area contributed by atoms with E-state index in [1.54, 1.807) is 4.72 Å². The smallest absolute Gasteiger partial charge is 0.344 e. The van der Waals surface area contributed by atoms with E-state index in [0.29, 0.717) is 30.6 Å². The van der Waals surface area contributed by atoms with Crippen molar-refractivity contribution in [3.05, 3.63) is 51.9 Å². The average Bonchev–Trinajstić information content (AvgIpc) is 3.66. The van der Waals surface area contributed by atoms with Gasteiger partial charge in [-0.2, -0.15) is 23.5 Å². The third-order valence-corrected chi connectivity index (χ3v) is 9.65. The zero-order chi connectivity index (χ0) is 40.4. The first kappa shape index (κ1) is 41.9. The van der Waals surface area contributed by atoms with Crippen LogP contribution in [-0.4, -0.2) is 90.5 Å². The lowest BCUT2D eigenvalue weighted by Gasteiger charge is -2.18. The second kappa shape index (κ2) is 18.5. The Kier molecular flexibility index (Phi) is 14.1. The molecule has 0 bridgehead atoms. The molecule has 0 fully saturated rings. The van der Waals surface area contributed by atoms with Crippen LogP contribution < -0.4 is 29.1 Å². The number of carbonyl (C=O) groups excluding carboxylic acids is 4. The van der Waals surface area contributed by atoms with Crippen molar-refractivity contribution in [1.29, 1.82) is 0 Å². The summed E-state index contributed by atoms with van der Waals surface area (Å²) in [5, 5.41) is 13.9. The molecule has 3 N–H and O–H groups in total. The minimum Gasteiger partial charge on any atom is -0.481 e. The molecule has 0 saturated heterocycles. The second-order valence-electron chi connectivity index (χ2n) is 11.7. The molecule has 3 heterocycles. The second-order valence-corrected chi connectivity index (χ2v) is 13.7. The number of carboxylic acids is 1. The molecule has 55 heavy (non-hydrogen) atoms. The molecule has 19 nitrogen and oxygen atoms in total. The molecule has 0 atom stereocenters. The van der Waals surface area contributed by atoms with E-state index in [1.165, 1.54) is 33.4 Å². The van der Waals surface area contributed by atoms with E-state index >= 15 is 0 Å². The van der Waals surface area contributed by atoms with Gasteiger partial charge in [0.25, 0.3) is 21.8 Å². The van der Waals surface area contributed by atoms with Crippen LogP contribution in [-0.2, 0) is 36.2 Å². The van der Waals surface area contributed by atoms with Crippen molar-refractivity contribution in [1.82, 2.24) is 24.5 Å². The maximum atomic E-state index is 14.5. The van der Waals surface area contributed by atoms with Gasteiger partial charge in [0.2, 0.25) is 17.7 Å². The van der Waals surface area contributed by atoms with Gasteiger partial charge in [-0.25, -0.2) is 28.4 Å². The molecule has 4 amide bonds. The van der Waals surface area contributed by atoms with Gasteiger partial charge in [-0.1, -0.05) is 31.4 Å². The van der Waals surface area contributed by atoms with Crippen molar-refractivity contribution in [2.45, 2.75) is 56.9 Å². The first-order valence-electron chi connectivity index (χ1n) is 16.6. The number of rotatable bonds is 14. The van der Waals surface area contributed by atoms with Crippen LogP contribution in [0.1, 0.15) is 62.2 Å². The van der Waals surface area contributed by atoms with Crippen LogP contribution in [0.5, 0.6) is 17.5 Å². The molecular weight excluding hydrogens is 773 g/mol. The zero-order valence-electron chi connectivity index (χ0n) is 30.0. The molecule has 1 aliphatic heterocycles. The Morgan fingerprint density at radius 2 is 1.62 bits per heavy atom. The van der Waals surface area contributed by atoms with Gasteiger partial charge in [-0.15, -0.1) is 0 Å². The van der Waals surface area contributed by atoms with E-state index in [-0.39, 0.29) is 34.2 Å². The third kappa shape index (κ3) is 10.2. The van der Waals surface area contributed by atoms with Crippen molar-refractivity contribution >= 4 is 63.0 Å². The van der Waals surface area contributed by atoms with Crippen LogP contribution in [0, 0.1) is 5.82 Å². The lowest BCUT2D eigenvalue weighted by atomic mass is 9.93. The Hall–Kier alpha value is -5.83. The van der Waals surface area contributed by atoms with Crippen molar-refractivity contribution in [2.24, 2.45) is 7.05 Å². The molecule has 296 valence electrons. The van der Waals surface area contributed by atoms with Crippen LogP contribution in [0.3, 0.4) is 0 Å². The maximum Gasteiger partial charge on any atom is 0.344 e. The van der Waals surface area contributed by atoms with E-state index in [9.17, 15) is 36.8 Å². The Balaban J connectivity index is 0.000000246. The molecule has 0 spiro atoms. The molecule has 3 aromatic rings. The minimum atomic E-state index is -4.53. The van der Waals surface area contributed by atoms with Crippen LogP contribution >= 0.6 is 11.6 Å². The molecule has 5 rings (SSSR count). The summed E-state index contributed by atoms with van der Waals surface area (Å²) >= 11 is 6.02. The highest BCUT2D eigenvalue weighted by Crippen LogP contribution is 2.39. The van der Waals surface area contributed by atoms with Gasteiger partial charge >= 0.3 is 18.0 Å². The van der Waals surface area contributed by atoms with E-state index in [1.807, 2.05) is 6.92 Å². The highest BCUT2D eigenvalue weighted by atomic mass is 35.5. The molecule has 1 aromatic carbocycles. The molecule has 22 heteroatoms. The number of aryl methyl sites for hydroxylation is 1. The number of aromatic carboxylic acids is 1. The lowest BCUT2D eigenvalue weighted by molar-refractivity contribution is -0.146. The Bertz CT molecular complexity index is 2080. The molecule has 0 radical (unpaired) electrons. The predicted octanol–water partition coefficient (Wildman–Crippen LogP) is 3.77. The molecular formula is C33H37ClFN7O12S. The number of benzene rings is 1. The number of anilines is 2. The molecule has 2 aromatic heterocycles. The topological polar surface area (TPSA) is 248 Å². The summed E-state index contributed by atoms with van der Waals surface area (Å²) in [6.45, 7) is 1.93. The first-order valence-corrected chi connectivity index (χ1v) is 18.4. The fourth-order valence-corrected chi connectivity index (χ4v) is 6.75. The number of imide groups is 1. The standard InChI is InChI=1S/C21H23ClFNO5.C12H14N6O7S/c1-2-3-6-9-28-19(25)12-29-18-11-17(16(23)10-15(18)22)24-20(26)13-7-4-5-8-14(13)21(24)27;1-18-9(6(5-13-18)10(19)20)26(22,23)17-12(21)16-11-14-7(24-2)4-8(15-11)25-3/h10-11H,2-9,12H2,1H3;4-5H,1-3H3,(H,19,20)(H2,14,15,16,17,21). The largest absolute Gasteiger partial charge is 0.481 e. The number of carboxylic acid groups (broad SMARTS) is 1. The Morgan fingerprint density at radius 1 is 1.00 bits per heavy atom. The minimum absolute atomic E-state index is 0.000883. The summed E-state index contributed by atoms with van der Waals surface area (Å²) in [5.41, 5.74) is 0.0830. The highest BCUT2D eigenvalue weighted by Gasteiger charge is 2.41. The van der Waals surface area contributed by atoms with Crippen LogP contribution in [0.2, 0.25) is 5.02 Å². The first-order chi connectivity index (χ1) is 26.1. The van der Waals surface area contributed by atoms with E-state index in [0.717, 1.165) is 53.9 Å². The number of amides is 4. The van der Waals surface area contributed by atoms with E-state index in [2.05, 4.69) is 20.4 Å². The van der Waals surface area contributed by atoms with Gasteiger partial charge in [0.15, 0.2) is 11.6 Å². The number of methoxy groups -OCH3 is 2. The van der Waals surface area contributed by atoms with Crippen molar-refractivity contribution in [3.8, 4) is 17.5 Å².